The lowest BCUT2D eigenvalue weighted by molar-refractivity contribution is 0.270. The molecule has 6 heteroatoms. The summed E-state index contributed by atoms with van der Waals surface area (Å²) in [5, 5.41) is 19.7. The Morgan fingerprint density at radius 1 is 1.11 bits per heavy atom. The second-order valence-corrected chi connectivity index (χ2v) is 4.76. The Morgan fingerprint density at radius 2 is 1.78 bits per heavy atom. The molecule has 94 valence electrons. The molecule has 0 fully saturated rings. The zero-order valence-corrected chi connectivity index (χ0v) is 11.3. The first-order chi connectivity index (χ1) is 8.54. The van der Waals surface area contributed by atoms with Gasteiger partial charge in [-0.2, -0.15) is 0 Å². The van der Waals surface area contributed by atoms with Crippen molar-refractivity contribution in [3.63, 3.8) is 0 Å². The van der Waals surface area contributed by atoms with Gasteiger partial charge in [0.25, 0.3) is 0 Å². The van der Waals surface area contributed by atoms with Crippen molar-refractivity contribution in [3.05, 3.63) is 45.2 Å². The fraction of sp³-hybridized carbons (Fsp3) is 0.0833. The van der Waals surface area contributed by atoms with Crippen LogP contribution < -0.4 is 0 Å². The summed E-state index contributed by atoms with van der Waals surface area (Å²) in [4.78, 5) is 3.92. The van der Waals surface area contributed by atoms with E-state index in [1.54, 1.807) is 12.1 Å². The van der Waals surface area contributed by atoms with E-state index in [1.807, 2.05) is 0 Å². The van der Waals surface area contributed by atoms with Crippen LogP contribution >= 0.6 is 34.8 Å². The summed E-state index contributed by atoms with van der Waals surface area (Å²) < 4.78 is 0. The van der Waals surface area contributed by atoms with E-state index in [0.29, 0.717) is 26.2 Å². The molecule has 0 radical (unpaired) electrons. The molecule has 0 unspecified atom stereocenters. The molecule has 2 aromatic rings. The fourth-order valence-electron chi connectivity index (χ4n) is 1.53. The third kappa shape index (κ3) is 2.40. The highest BCUT2D eigenvalue weighted by Crippen LogP contribution is 2.39. The van der Waals surface area contributed by atoms with Crippen LogP contribution in [-0.4, -0.2) is 15.2 Å². The van der Waals surface area contributed by atoms with Gasteiger partial charge in [-0.25, -0.2) is 0 Å². The number of aliphatic hydroxyl groups excluding tert-OH is 1. The number of aliphatic hydroxyl groups is 1. The van der Waals surface area contributed by atoms with E-state index in [9.17, 15) is 5.11 Å². The smallest absolute Gasteiger partial charge is 0.140 e. The third-order valence-corrected chi connectivity index (χ3v) is 3.55. The van der Waals surface area contributed by atoms with Crippen molar-refractivity contribution in [1.29, 1.82) is 0 Å². The van der Waals surface area contributed by atoms with E-state index in [2.05, 4.69) is 4.98 Å². The number of benzene rings is 1. The quantitative estimate of drug-likeness (QED) is 0.827. The minimum atomic E-state index is -0.344. The summed E-state index contributed by atoms with van der Waals surface area (Å²) in [5.41, 5.74) is 1.22. The Kier molecular flexibility index (Phi) is 3.97. The molecule has 1 aromatic heterocycles. The van der Waals surface area contributed by atoms with Crippen LogP contribution in [0.15, 0.2) is 24.4 Å². The molecular formula is C12H8Cl3NO2. The van der Waals surface area contributed by atoms with Gasteiger partial charge in [0, 0.05) is 17.3 Å². The van der Waals surface area contributed by atoms with Crippen LogP contribution in [0.4, 0.5) is 0 Å². The van der Waals surface area contributed by atoms with Crippen molar-refractivity contribution in [1.82, 2.24) is 4.98 Å². The SMILES string of the molecule is OCc1ncc(-c2c(Cl)ccc(Cl)c2Cl)cc1O. The number of aromatic nitrogens is 1. The van der Waals surface area contributed by atoms with Gasteiger partial charge in [-0.05, 0) is 18.2 Å². The maximum absolute atomic E-state index is 9.66. The van der Waals surface area contributed by atoms with Gasteiger partial charge in [0.05, 0.1) is 21.7 Å². The standard InChI is InChI=1S/C12H8Cl3NO2/c13-7-1-2-8(14)12(15)11(7)6-3-10(18)9(5-17)16-4-6/h1-4,17-18H,5H2. The zero-order chi connectivity index (χ0) is 13.3. The van der Waals surface area contributed by atoms with E-state index in [-0.39, 0.29) is 18.1 Å². The van der Waals surface area contributed by atoms with E-state index in [1.165, 1.54) is 12.3 Å². The van der Waals surface area contributed by atoms with E-state index in [0.717, 1.165) is 0 Å². The Hall–Kier alpha value is -1.00. The van der Waals surface area contributed by atoms with Crippen molar-refractivity contribution in [3.8, 4) is 16.9 Å². The van der Waals surface area contributed by atoms with Crippen molar-refractivity contribution < 1.29 is 10.2 Å². The second-order valence-electron chi connectivity index (χ2n) is 3.57. The summed E-state index contributed by atoms with van der Waals surface area (Å²) in [6, 6.07) is 4.63. The molecule has 0 saturated heterocycles. The van der Waals surface area contributed by atoms with Crippen LogP contribution in [0.25, 0.3) is 11.1 Å². The summed E-state index contributed by atoms with van der Waals surface area (Å²) in [6.07, 6.45) is 1.47. The molecule has 2 rings (SSSR count). The molecule has 0 saturated carbocycles. The first-order valence-electron chi connectivity index (χ1n) is 4.97. The van der Waals surface area contributed by atoms with Gasteiger partial charge in [0.15, 0.2) is 0 Å². The fourth-order valence-corrected chi connectivity index (χ4v) is 2.28. The lowest BCUT2D eigenvalue weighted by Gasteiger charge is -2.09. The molecule has 3 nitrogen and oxygen atoms in total. The number of hydrogen-bond donors (Lipinski definition) is 2. The highest BCUT2D eigenvalue weighted by atomic mass is 35.5. The Bertz CT molecular complexity index is 602. The van der Waals surface area contributed by atoms with Gasteiger partial charge in [0.1, 0.15) is 11.4 Å². The minimum Gasteiger partial charge on any atom is -0.506 e. The first kappa shape index (κ1) is 13.4. The molecule has 1 heterocycles. The van der Waals surface area contributed by atoms with Gasteiger partial charge >= 0.3 is 0 Å². The highest BCUT2D eigenvalue weighted by molar-refractivity contribution is 6.46. The predicted molar refractivity (Wildman–Crippen MR) is 72.3 cm³/mol. The van der Waals surface area contributed by atoms with Gasteiger partial charge in [-0.15, -0.1) is 0 Å². The molecule has 0 bridgehead atoms. The van der Waals surface area contributed by atoms with Gasteiger partial charge in [0.2, 0.25) is 0 Å². The van der Waals surface area contributed by atoms with Crippen molar-refractivity contribution in [2.24, 2.45) is 0 Å². The van der Waals surface area contributed by atoms with E-state index < -0.39 is 0 Å². The first-order valence-corrected chi connectivity index (χ1v) is 6.10. The Balaban J connectivity index is 2.62. The van der Waals surface area contributed by atoms with Crippen LogP contribution in [0.5, 0.6) is 5.75 Å². The predicted octanol–water partition coefficient (Wildman–Crippen LogP) is 3.91. The molecule has 0 aliphatic rings. The van der Waals surface area contributed by atoms with Crippen LogP contribution in [0, 0.1) is 0 Å². The van der Waals surface area contributed by atoms with Crippen molar-refractivity contribution in [2.45, 2.75) is 6.61 Å². The largest absolute Gasteiger partial charge is 0.506 e. The Labute approximate surface area is 119 Å². The number of hydrogen-bond acceptors (Lipinski definition) is 3. The topological polar surface area (TPSA) is 53.4 Å². The van der Waals surface area contributed by atoms with Gasteiger partial charge in [-0.3, -0.25) is 4.98 Å². The molecule has 2 N–H and O–H groups in total. The lowest BCUT2D eigenvalue weighted by atomic mass is 10.1. The number of rotatable bonds is 2. The number of pyridine rings is 1. The minimum absolute atomic E-state index is 0.123. The van der Waals surface area contributed by atoms with Crippen molar-refractivity contribution >= 4 is 34.8 Å². The lowest BCUT2D eigenvalue weighted by Crippen LogP contribution is -1.91. The van der Waals surface area contributed by atoms with Crippen LogP contribution in [0.3, 0.4) is 0 Å². The molecular weight excluding hydrogens is 296 g/mol. The normalized spacial score (nSPS) is 10.7. The third-order valence-electron chi connectivity index (χ3n) is 2.43. The van der Waals surface area contributed by atoms with Gasteiger partial charge in [-0.1, -0.05) is 34.8 Å². The molecule has 0 aliphatic carbocycles. The molecule has 0 aliphatic heterocycles. The number of aromatic hydroxyl groups is 1. The molecule has 0 atom stereocenters. The maximum atomic E-state index is 9.66. The number of halogens is 3. The average Bonchev–Trinajstić information content (AvgIpc) is 2.35. The summed E-state index contributed by atoms with van der Waals surface area (Å²) >= 11 is 18.1. The average molecular weight is 305 g/mol. The maximum Gasteiger partial charge on any atom is 0.140 e. The van der Waals surface area contributed by atoms with E-state index >= 15 is 0 Å². The Morgan fingerprint density at radius 3 is 2.39 bits per heavy atom. The molecule has 1 aromatic carbocycles. The van der Waals surface area contributed by atoms with Crippen LogP contribution in [0.1, 0.15) is 5.69 Å². The monoisotopic (exact) mass is 303 g/mol. The number of nitrogens with zero attached hydrogens (tertiary/aromatic N) is 1. The molecule has 0 spiro atoms. The zero-order valence-electron chi connectivity index (χ0n) is 8.99. The van der Waals surface area contributed by atoms with Gasteiger partial charge < -0.3 is 10.2 Å². The van der Waals surface area contributed by atoms with Crippen LogP contribution in [-0.2, 0) is 6.61 Å². The molecule has 18 heavy (non-hydrogen) atoms. The molecule has 0 amide bonds. The van der Waals surface area contributed by atoms with Crippen LogP contribution in [0.2, 0.25) is 15.1 Å². The van der Waals surface area contributed by atoms with E-state index in [4.69, 9.17) is 39.9 Å². The van der Waals surface area contributed by atoms with Crippen molar-refractivity contribution in [2.75, 3.05) is 0 Å². The summed E-state index contributed by atoms with van der Waals surface area (Å²) in [6.45, 7) is -0.344. The summed E-state index contributed by atoms with van der Waals surface area (Å²) in [5.74, 6) is -0.123. The highest BCUT2D eigenvalue weighted by Gasteiger charge is 2.14. The summed E-state index contributed by atoms with van der Waals surface area (Å²) in [7, 11) is 0. The second kappa shape index (κ2) is 5.33.